The molecule has 17 rings (SSSR count). The maximum Gasteiger partial charge on any atom is 0.282 e. The highest BCUT2D eigenvalue weighted by atomic mass is 35.5. The highest BCUT2D eigenvalue weighted by Crippen LogP contribution is 2.52. The molecular formula is C93H73Cl3F9N9O5. The number of Topliss-reactive ketones (excluding diaryl/α,β-unsaturated/α-hetero) is 3. The van der Waals surface area contributed by atoms with Gasteiger partial charge in [-0.3, -0.25) is 43.6 Å². The maximum atomic E-state index is 14.3. The Hall–Kier alpha value is -12.3. The van der Waals surface area contributed by atoms with E-state index in [9.17, 15) is 63.5 Å². The third kappa shape index (κ3) is 19.3. The SMILES string of the molecule is CC(=O)c1cc(-c2cccnc2[C@@H](CC(=O)Cn2nc(C(F)F)c3c2C2CC(C2)C3=O)Cc2cc(F)cc(F)c2)ccc1F.Cc1cc(F)cc(C[C@H](NC(=O)Cc2c[nH]c3ccc(F)cc23)c2ncccc2-c2cccc(Cl)c2Cl)c1.Cc1cc(F)cc(C[C@H](NC(=O)Cc2c[nH]c3ccc(F)cc23)c2ncccc2-c2ccccc2Cl)c1. The van der Waals surface area contributed by atoms with Gasteiger partial charge in [-0.15, -0.1) is 0 Å². The molecular weight excluding hydrogens is 1600 g/mol. The summed E-state index contributed by atoms with van der Waals surface area (Å²) >= 11 is 19.3. The minimum absolute atomic E-state index is 0.0161. The molecule has 0 unspecified atom stereocenters. The van der Waals surface area contributed by atoms with Crippen molar-refractivity contribution in [2.75, 3.05) is 0 Å². The van der Waals surface area contributed by atoms with Gasteiger partial charge in [-0.25, -0.2) is 39.5 Å². The van der Waals surface area contributed by atoms with Crippen LogP contribution in [0.1, 0.15) is 145 Å². The van der Waals surface area contributed by atoms with Crippen molar-refractivity contribution in [1.82, 2.24) is 45.3 Å². The zero-order valence-corrected chi connectivity index (χ0v) is 66.2. The second-order valence-electron chi connectivity index (χ2n) is 29.7. The minimum atomic E-state index is -2.98. The molecule has 6 heterocycles. The van der Waals surface area contributed by atoms with Crippen LogP contribution in [-0.4, -0.2) is 63.9 Å². The van der Waals surface area contributed by atoms with E-state index >= 15 is 0 Å². The number of aromatic nitrogens is 7. The van der Waals surface area contributed by atoms with Crippen LogP contribution in [0, 0.1) is 60.5 Å². The number of pyridine rings is 3. The summed E-state index contributed by atoms with van der Waals surface area (Å²) in [6, 6.07) is 47.7. The summed E-state index contributed by atoms with van der Waals surface area (Å²) in [5.74, 6) is -6.79. The molecule has 2 bridgehead atoms. The van der Waals surface area contributed by atoms with Crippen molar-refractivity contribution in [2.24, 2.45) is 5.92 Å². The van der Waals surface area contributed by atoms with E-state index < -0.39 is 59.1 Å². The predicted octanol–water partition coefficient (Wildman–Crippen LogP) is 22.1. The van der Waals surface area contributed by atoms with E-state index in [1.54, 1.807) is 73.3 Å². The lowest BCUT2D eigenvalue weighted by Crippen LogP contribution is -2.37. The topological polar surface area (TPSA) is 197 Å². The predicted molar refractivity (Wildman–Crippen MR) is 439 cm³/mol. The summed E-state index contributed by atoms with van der Waals surface area (Å²) in [5, 5.41) is 12.8. The number of fused-ring (bicyclic) bond motifs is 2. The molecule has 0 radical (unpaired) electrons. The number of hydrogen-bond donors (Lipinski definition) is 4. The quantitative estimate of drug-likeness (QED) is 0.0336. The molecule has 14 nitrogen and oxygen atoms in total. The molecule has 0 spiro atoms. The van der Waals surface area contributed by atoms with Crippen molar-refractivity contribution in [2.45, 2.75) is 109 Å². The Kier molecular flexibility index (Phi) is 25.4. The molecule has 1 fully saturated rings. The average Bonchev–Trinajstić information content (AvgIpc) is 1.50. The first kappa shape index (κ1) is 83.2. The van der Waals surface area contributed by atoms with Crippen LogP contribution < -0.4 is 10.6 Å². The molecule has 3 aliphatic rings. The molecule has 6 aromatic heterocycles. The lowest BCUT2D eigenvalue weighted by molar-refractivity contribution is -0.122. The van der Waals surface area contributed by atoms with Crippen molar-refractivity contribution < 1.29 is 63.5 Å². The fourth-order valence-corrected chi connectivity index (χ4v) is 16.5. The number of ketones is 3. The van der Waals surface area contributed by atoms with Crippen LogP contribution in [0.2, 0.25) is 15.1 Å². The van der Waals surface area contributed by atoms with Gasteiger partial charge >= 0.3 is 0 Å². The van der Waals surface area contributed by atoms with Gasteiger partial charge in [0, 0.05) is 116 Å². The van der Waals surface area contributed by atoms with Crippen LogP contribution in [-0.2, 0) is 53.0 Å². The van der Waals surface area contributed by atoms with E-state index in [4.69, 9.17) is 34.8 Å². The Labute approximate surface area is 692 Å². The third-order valence-electron chi connectivity index (χ3n) is 21.1. The van der Waals surface area contributed by atoms with Crippen LogP contribution in [0.15, 0.2) is 219 Å². The average molecular weight is 1670 g/mol. The zero-order chi connectivity index (χ0) is 84.0. The number of halogens is 12. The Balaban J connectivity index is 0.000000147. The Bertz CT molecular complexity index is 6180. The molecule has 8 aromatic carbocycles. The molecule has 119 heavy (non-hydrogen) atoms. The first-order valence-corrected chi connectivity index (χ1v) is 39.1. The van der Waals surface area contributed by atoms with Crippen LogP contribution in [0.3, 0.4) is 0 Å². The Morgan fingerprint density at radius 3 is 1.54 bits per heavy atom. The third-order valence-corrected chi connectivity index (χ3v) is 22.3. The summed E-state index contributed by atoms with van der Waals surface area (Å²) in [4.78, 5) is 85.0. The number of amides is 2. The normalized spacial score (nSPS) is 14.1. The van der Waals surface area contributed by atoms with E-state index in [2.05, 4.69) is 40.7 Å². The first-order valence-electron chi connectivity index (χ1n) is 38.0. The summed E-state index contributed by atoms with van der Waals surface area (Å²) in [6.45, 7) is 4.49. The van der Waals surface area contributed by atoms with E-state index in [0.717, 1.165) is 63.1 Å². The number of nitrogens with one attached hydrogen (secondary N) is 4. The number of benzene rings is 8. The van der Waals surface area contributed by atoms with Crippen molar-refractivity contribution in [3.63, 3.8) is 0 Å². The van der Waals surface area contributed by atoms with Crippen molar-refractivity contribution >= 4 is 85.8 Å². The summed E-state index contributed by atoms with van der Waals surface area (Å²) in [5.41, 5.74) is 11.0. The number of nitrogens with zero attached hydrogens (tertiary/aromatic N) is 5. The van der Waals surface area contributed by atoms with Crippen molar-refractivity contribution in [3.8, 4) is 33.4 Å². The number of alkyl halides is 2. The molecule has 26 heteroatoms. The fourth-order valence-electron chi connectivity index (χ4n) is 15.9. The lowest BCUT2D eigenvalue weighted by atomic mass is 9.63. The Morgan fingerprint density at radius 2 is 1.00 bits per heavy atom. The van der Waals surface area contributed by atoms with Crippen molar-refractivity contribution in [3.05, 3.63) is 353 Å². The highest BCUT2D eigenvalue weighted by molar-refractivity contribution is 6.43. The van der Waals surface area contributed by atoms with Crippen LogP contribution in [0.5, 0.6) is 0 Å². The molecule has 604 valence electrons. The van der Waals surface area contributed by atoms with E-state index in [1.807, 2.05) is 68.4 Å². The largest absolute Gasteiger partial charge is 0.361 e. The summed E-state index contributed by atoms with van der Waals surface area (Å²) in [6.07, 6.45) is 6.68. The first-order chi connectivity index (χ1) is 57.1. The molecule has 0 saturated heterocycles. The zero-order valence-electron chi connectivity index (χ0n) is 63.9. The number of hydrogen-bond acceptors (Lipinski definition) is 9. The van der Waals surface area contributed by atoms with Crippen LogP contribution >= 0.6 is 34.8 Å². The Morgan fingerprint density at radius 1 is 0.504 bits per heavy atom. The molecule has 1 saturated carbocycles. The number of carbonyl (C=O) groups excluding carboxylic acids is 5. The fraction of sp³-hybridized carbons (Fsp3) is 0.194. The van der Waals surface area contributed by atoms with Gasteiger partial charge < -0.3 is 20.6 Å². The highest BCUT2D eigenvalue weighted by Gasteiger charge is 2.49. The van der Waals surface area contributed by atoms with E-state index in [0.29, 0.717) is 107 Å². The van der Waals surface area contributed by atoms with Gasteiger partial charge in [0.2, 0.25) is 11.8 Å². The van der Waals surface area contributed by atoms with Gasteiger partial charge in [0.15, 0.2) is 17.3 Å². The smallest absolute Gasteiger partial charge is 0.282 e. The monoisotopic (exact) mass is 1670 g/mol. The van der Waals surface area contributed by atoms with Gasteiger partial charge in [0.05, 0.1) is 75.4 Å². The van der Waals surface area contributed by atoms with Gasteiger partial charge in [-0.1, -0.05) is 102 Å². The van der Waals surface area contributed by atoms with Gasteiger partial charge in [-0.05, 0) is 213 Å². The molecule has 14 aromatic rings. The van der Waals surface area contributed by atoms with Crippen molar-refractivity contribution in [1.29, 1.82) is 0 Å². The standard InChI is InChI=1S/C33H26F5N3O3.C30H23Cl2F2N3O.C30H24ClF2N3O/c1-16(42)26-13-18(4-5-27(26)36)25-3-2-6-39-29(25)19(7-17-8-22(34)14-23(35)9-17)12-24(43)15-41-31-20-10-21(11-20)32(44)28(31)30(40-41)33(37)38;1-17-10-18(12-21(34)11-17)13-27(30-23(5-3-9-35-30)22-4-2-6-25(31)29(22)32)37-28(38)14-19-16-36-26-8-7-20(33)15-24(19)26;1-18-11-19(13-22(33)12-18)14-28(30-24(6-4-10-34-30)23-5-2-3-7-26(23)31)36-29(37)15-20-17-35-27-9-8-21(32)16-25(20)27/h2-6,8-9,13-14,19-21,33H,7,10-12,15H2,1H3;2-12,15-16,27,36H,13-14H2,1H3,(H,37,38);2-13,16-17,28,35H,14-15H2,1H3,(H,36,37)/t19-,20?,21?;27-;28-/m100/s1. The second-order valence-corrected chi connectivity index (χ2v) is 30.9. The minimum Gasteiger partial charge on any atom is -0.361 e. The van der Waals surface area contributed by atoms with E-state index in [1.165, 1.54) is 78.5 Å². The van der Waals surface area contributed by atoms with Crippen LogP contribution in [0.4, 0.5) is 39.5 Å². The maximum absolute atomic E-state index is 14.3. The number of aryl methyl sites for hydroxylation is 2. The van der Waals surface area contributed by atoms with Crippen LogP contribution in [0.25, 0.3) is 55.2 Å². The van der Waals surface area contributed by atoms with Gasteiger partial charge in [-0.2, -0.15) is 5.10 Å². The summed E-state index contributed by atoms with van der Waals surface area (Å²) < 4.78 is 128. The van der Waals surface area contributed by atoms with Gasteiger partial charge in [0.25, 0.3) is 6.43 Å². The molecule has 3 aliphatic carbocycles. The molecule has 2 amide bonds. The molecule has 4 N–H and O–H groups in total. The van der Waals surface area contributed by atoms with E-state index in [-0.39, 0.29) is 108 Å². The number of rotatable bonds is 24. The number of aromatic amines is 2. The number of carbonyl (C=O) groups is 5. The molecule has 3 atom stereocenters. The van der Waals surface area contributed by atoms with Gasteiger partial charge in [0.1, 0.15) is 46.4 Å². The second kappa shape index (κ2) is 36.3. The molecule has 0 aliphatic heterocycles. The summed E-state index contributed by atoms with van der Waals surface area (Å²) in [7, 11) is 0. The lowest BCUT2D eigenvalue weighted by Gasteiger charge is -2.40. The number of H-pyrrole nitrogens is 2.